The summed E-state index contributed by atoms with van der Waals surface area (Å²) >= 11 is 24.5. The number of hydrogen-bond donors (Lipinski definition) is 3. The first-order valence-electron chi connectivity index (χ1n) is 7.90. The van der Waals surface area contributed by atoms with Gasteiger partial charge in [0.05, 0.1) is 5.02 Å². The molecule has 3 aromatic rings. The van der Waals surface area contributed by atoms with E-state index in [0.29, 0.717) is 0 Å². The van der Waals surface area contributed by atoms with E-state index in [2.05, 4.69) is 0 Å². The van der Waals surface area contributed by atoms with Crippen LogP contribution in [0.1, 0.15) is 16.7 Å². The molecule has 1 atom stereocenters. The molecule has 0 aromatic heterocycles. The van der Waals surface area contributed by atoms with Crippen LogP contribution in [0.4, 0.5) is 0 Å². The van der Waals surface area contributed by atoms with Crippen molar-refractivity contribution in [3.05, 3.63) is 91.4 Å². The van der Waals surface area contributed by atoms with Gasteiger partial charge in [0.2, 0.25) is 0 Å². The third-order valence-electron chi connectivity index (χ3n) is 4.43. The predicted octanol–water partition coefficient (Wildman–Crippen LogP) is 5.89. The minimum absolute atomic E-state index is 0.0463. The Morgan fingerprint density at radius 3 is 1.90 bits per heavy atom. The molecule has 1 unspecified atom stereocenters. The van der Waals surface area contributed by atoms with Gasteiger partial charge in [0.25, 0.3) is 10.1 Å². The van der Waals surface area contributed by atoms with E-state index in [4.69, 9.17) is 46.4 Å². The summed E-state index contributed by atoms with van der Waals surface area (Å²) in [7, 11) is -5.14. The third-order valence-corrected chi connectivity index (χ3v) is 7.06. The normalized spacial score (nSPS) is 13.8. The standard InChI is InChI=1S/C19H12Cl4O5S/c20-10-5-7-15(22)13(9-10)19(29(26,27)28,11-3-1-2-4-14(11)21)12-6-8-16(23)18(25)17(12)24/h1-9,24-25H,(H,26,27,28). The maximum atomic E-state index is 13.0. The Hall–Kier alpha value is -1.67. The average Bonchev–Trinajstić information content (AvgIpc) is 2.65. The summed E-state index contributed by atoms with van der Waals surface area (Å²) in [6.45, 7) is 0. The van der Waals surface area contributed by atoms with Crippen LogP contribution < -0.4 is 0 Å². The molecule has 0 aliphatic heterocycles. The van der Waals surface area contributed by atoms with Crippen molar-refractivity contribution >= 4 is 56.5 Å². The van der Waals surface area contributed by atoms with Crippen molar-refractivity contribution in [1.29, 1.82) is 0 Å². The van der Waals surface area contributed by atoms with E-state index in [1.165, 1.54) is 42.5 Å². The molecular weight excluding hydrogens is 482 g/mol. The van der Waals surface area contributed by atoms with E-state index in [0.717, 1.165) is 6.07 Å². The molecule has 29 heavy (non-hydrogen) atoms. The molecule has 3 N–H and O–H groups in total. The van der Waals surface area contributed by atoms with Crippen LogP contribution in [-0.2, 0) is 14.9 Å². The summed E-state index contributed by atoms with van der Waals surface area (Å²) in [5, 5.41) is 20.5. The predicted molar refractivity (Wildman–Crippen MR) is 114 cm³/mol. The lowest BCUT2D eigenvalue weighted by Crippen LogP contribution is -2.39. The second-order valence-corrected chi connectivity index (χ2v) is 9.27. The molecule has 0 radical (unpaired) electrons. The van der Waals surface area contributed by atoms with Crippen molar-refractivity contribution in [2.24, 2.45) is 0 Å². The molecule has 152 valence electrons. The second kappa shape index (κ2) is 7.87. The Labute approximate surface area is 186 Å². The highest BCUT2D eigenvalue weighted by atomic mass is 35.5. The molecule has 0 bridgehead atoms. The Morgan fingerprint density at radius 2 is 1.28 bits per heavy atom. The third kappa shape index (κ3) is 3.54. The van der Waals surface area contributed by atoms with Crippen LogP contribution in [0, 0.1) is 0 Å². The van der Waals surface area contributed by atoms with Crippen molar-refractivity contribution in [1.82, 2.24) is 0 Å². The lowest BCUT2D eigenvalue weighted by molar-refractivity contribution is 0.394. The van der Waals surface area contributed by atoms with E-state index in [1.807, 2.05) is 0 Å². The minimum Gasteiger partial charge on any atom is -0.504 e. The molecule has 10 heteroatoms. The lowest BCUT2D eigenvalue weighted by atomic mass is 9.83. The maximum Gasteiger partial charge on any atom is 0.283 e. The van der Waals surface area contributed by atoms with E-state index in [9.17, 15) is 23.2 Å². The number of aromatic hydroxyl groups is 2. The fourth-order valence-corrected chi connectivity index (χ4v) is 5.52. The van der Waals surface area contributed by atoms with Gasteiger partial charge >= 0.3 is 0 Å². The van der Waals surface area contributed by atoms with E-state index in [-0.39, 0.29) is 31.2 Å². The highest BCUT2D eigenvalue weighted by Crippen LogP contribution is 2.53. The molecule has 0 fully saturated rings. The Balaban J connectivity index is 2.66. The van der Waals surface area contributed by atoms with Crippen LogP contribution in [0.25, 0.3) is 0 Å². The van der Waals surface area contributed by atoms with Gasteiger partial charge in [-0.1, -0.05) is 70.7 Å². The minimum atomic E-state index is -5.14. The number of halogens is 4. The molecule has 0 amide bonds. The van der Waals surface area contributed by atoms with Gasteiger partial charge in [0.15, 0.2) is 16.2 Å². The number of rotatable bonds is 4. The van der Waals surface area contributed by atoms with E-state index in [1.54, 1.807) is 6.07 Å². The SMILES string of the molecule is O=S(=O)(O)C(c1ccccc1Cl)(c1cc(Cl)ccc1Cl)c1ccc(Cl)c(O)c1O. The number of benzene rings is 3. The molecular formula is C19H12Cl4O5S. The summed E-state index contributed by atoms with van der Waals surface area (Å²) in [6, 6.07) is 12.1. The summed E-state index contributed by atoms with van der Waals surface area (Å²) < 4.78 is 33.9. The van der Waals surface area contributed by atoms with Gasteiger partial charge in [0.1, 0.15) is 0 Å². The average molecular weight is 494 g/mol. The maximum absolute atomic E-state index is 13.0. The largest absolute Gasteiger partial charge is 0.504 e. The van der Waals surface area contributed by atoms with Crippen LogP contribution in [-0.4, -0.2) is 23.2 Å². The molecule has 3 aromatic carbocycles. The molecule has 0 spiro atoms. The fraction of sp³-hybridized carbons (Fsp3) is 0.0526. The van der Waals surface area contributed by atoms with Gasteiger partial charge in [0, 0.05) is 31.8 Å². The summed E-state index contributed by atoms with van der Waals surface area (Å²) in [5.74, 6) is -1.64. The van der Waals surface area contributed by atoms with Gasteiger partial charge in [-0.2, -0.15) is 8.42 Å². The van der Waals surface area contributed by atoms with Crippen LogP contribution in [0.3, 0.4) is 0 Å². The van der Waals surface area contributed by atoms with Gasteiger partial charge < -0.3 is 10.2 Å². The Morgan fingerprint density at radius 1 is 0.690 bits per heavy atom. The van der Waals surface area contributed by atoms with Crippen molar-refractivity contribution in [3.8, 4) is 11.5 Å². The van der Waals surface area contributed by atoms with Crippen molar-refractivity contribution in [2.75, 3.05) is 0 Å². The van der Waals surface area contributed by atoms with Crippen molar-refractivity contribution in [3.63, 3.8) is 0 Å². The van der Waals surface area contributed by atoms with Gasteiger partial charge in [-0.3, -0.25) is 4.55 Å². The number of phenolic OH excluding ortho intramolecular Hbond substituents is 2. The highest BCUT2D eigenvalue weighted by molar-refractivity contribution is 7.87. The molecule has 0 aliphatic rings. The van der Waals surface area contributed by atoms with Crippen molar-refractivity contribution in [2.45, 2.75) is 4.75 Å². The number of phenols is 2. The van der Waals surface area contributed by atoms with Gasteiger partial charge in [-0.25, -0.2) is 0 Å². The monoisotopic (exact) mass is 492 g/mol. The number of hydrogen-bond acceptors (Lipinski definition) is 4. The molecule has 5 nitrogen and oxygen atoms in total. The Kier molecular flexibility index (Phi) is 5.98. The topological polar surface area (TPSA) is 94.8 Å². The fourth-order valence-electron chi connectivity index (χ4n) is 3.21. The van der Waals surface area contributed by atoms with Gasteiger partial charge in [-0.05, 0) is 30.3 Å². The zero-order chi connectivity index (χ0) is 21.6. The molecule has 0 aliphatic carbocycles. The van der Waals surface area contributed by atoms with E-state index < -0.39 is 31.9 Å². The zero-order valence-corrected chi connectivity index (χ0v) is 18.1. The first-order chi connectivity index (χ1) is 13.5. The zero-order valence-electron chi connectivity index (χ0n) is 14.3. The molecule has 3 rings (SSSR count). The van der Waals surface area contributed by atoms with Crippen LogP contribution in [0.15, 0.2) is 54.6 Å². The highest BCUT2D eigenvalue weighted by Gasteiger charge is 2.52. The van der Waals surface area contributed by atoms with Crippen LogP contribution in [0.2, 0.25) is 20.1 Å². The van der Waals surface area contributed by atoms with Gasteiger partial charge in [-0.15, -0.1) is 0 Å². The van der Waals surface area contributed by atoms with Crippen molar-refractivity contribution < 1.29 is 23.2 Å². The lowest BCUT2D eigenvalue weighted by Gasteiger charge is -2.34. The summed E-state index contributed by atoms with van der Waals surface area (Å²) in [4.78, 5) is 0. The molecule has 0 saturated heterocycles. The van der Waals surface area contributed by atoms with Crippen LogP contribution in [0.5, 0.6) is 11.5 Å². The smallest absolute Gasteiger partial charge is 0.283 e. The van der Waals surface area contributed by atoms with Crippen LogP contribution >= 0.6 is 46.4 Å². The quantitative estimate of drug-likeness (QED) is 0.239. The second-order valence-electron chi connectivity index (χ2n) is 6.05. The first kappa shape index (κ1) is 22.0. The summed E-state index contributed by atoms with van der Waals surface area (Å²) in [5.41, 5.74) is -0.719. The summed E-state index contributed by atoms with van der Waals surface area (Å²) in [6.07, 6.45) is 0. The Bertz CT molecular complexity index is 1210. The van der Waals surface area contributed by atoms with E-state index >= 15 is 0 Å². The first-order valence-corrected chi connectivity index (χ1v) is 10.9. The molecule has 0 heterocycles. The molecule has 0 saturated carbocycles.